The molecule has 0 aliphatic carbocycles. The Bertz CT molecular complexity index is 557. The van der Waals surface area contributed by atoms with E-state index in [4.69, 9.17) is 5.21 Å². The van der Waals surface area contributed by atoms with Gasteiger partial charge in [-0.15, -0.1) is 0 Å². The summed E-state index contributed by atoms with van der Waals surface area (Å²) in [6.45, 7) is 7.00. The smallest absolute Gasteiger partial charge is 0.266 e. The maximum Gasteiger partial charge on any atom is 0.266 e. The molecule has 0 saturated carbocycles. The summed E-state index contributed by atoms with van der Waals surface area (Å²) in [6, 6.07) is 6.72. The zero-order valence-electron chi connectivity index (χ0n) is 14.8. The third-order valence-electron chi connectivity index (χ3n) is 4.54. The topological polar surface area (TPSA) is 64.9 Å². The summed E-state index contributed by atoms with van der Waals surface area (Å²) in [5.74, 6) is -0.357. The van der Waals surface area contributed by atoms with Crippen molar-refractivity contribution in [2.75, 3.05) is 13.1 Å². The van der Waals surface area contributed by atoms with Crippen molar-refractivity contribution >= 4 is 12.1 Å². The number of rotatable bonds is 6. The highest BCUT2D eigenvalue weighted by Gasteiger charge is 2.18. The highest BCUT2D eigenvalue weighted by Crippen LogP contribution is 2.23. The van der Waals surface area contributed by atoms with Gasteiger partial charge in [0.25, 0.3) is 5.91 Å². The lowest BCUT2D eigenvalue weighted by molar-refractivity contribution is -0.115. The largest absolute Gasteiger partial charge is 0.411 e. The number of aryl methyl sites for hydroxylation is 2. The number of nitrogens with one attached hydrogen (secondary N) is 1. The SMILES string of the molecule is CCCc1cccc2c1CN(C[C@H](C)NC(=O)/C=N\O)CCCC2. The minimum Gasteiger partial charge on any atom is -0.411 e. The monoisotopic (exact) mass is 331 g/mol. The number of carbonyl (C=O) groups excluding carboxylic acids is 1. The van der Waals surface area contributed by atoms with Crippen molar-refractivity contribution < 1.29 is 10.0 Å². The lowest BCUT2D eigenvalue weighted by Crippen LogP contribution is -2.43. The molecule has 1 aromatic carbocycles. The molecule has 0 fully saturated rings. The van der Waals surface area contributed by atoms with E-state index in [1.165, 1.54) is 36.0 Å². The molecule has 24 heavy (non-hydrogen) atoms. The van der Waals surface area contributed by atoms with Crippen molar-refractivity contribution in [3.05, 3.63) is 34.9 Å². The predicted octanol–water partition coefficient (Wildman–Crippen LogP) is 2.74. The van der Waals surface area contributed by atoms with Crippen LogP contribution in [0.3, 0.4) is 0 Å². The molecule has 0 bridgehead atoms. The first-order valence-corrected chi connectivity index (χ1v) is 8.94. The maximum atomic E-state index is 11.5. The third-order valence-corrected chi connectivity index (χ3v) is 4.54. The molecule has 1 aliphatic rings. The molecule has 0 spiro atoms. The van der Waals surface area contributed by atoms with Crippen molar-refractivity contribution in [2.45, 2.75) is 58.5 Å². The van der Waals surface area contributed by atoms with E-state index in [-0.39, 0.29) is 11.9 Å². The first-order valence-electron chi connectivity index (χ1n) is 8.94. The first-order chi connectivity index (χ1) is 11.6. The summed E-state index contributed by atoms with van der Waals surface area (Å²) in [7, 11) is 0. The van der Waals surface area contributed by atoms with Gasteiger partial charge >= 0.3 is 0 Å². The van der Waals surface area contributed by atoms with Crippen LogP contribution in [0.1, 0.15) is 49.8 Å². The number of hydrogen-bond acceptors (Lipinski definition) is 4. The number of oxime groups is 1. The zero-order chi connectivity index (χ0) is 17.4. The normalized spacial score (nSPS) is 17.1. The Labute approximate surface area is 144 Å². The van der Waals surface area contributed by atoms with E-state index in [1.54, 1.807) is 0 Å². The van der Waals surface area contributed by atoms with Gasteiger partial charge in [0.2, 0.25) is 0 Å². The van der Waals surface area contributed by atoms with E-state index in [0.29, 0.717) is 0 Å². The number of nitrogens with zero attached hydrogens (tertiary/aromatic N) is 2. The van der Waals surface area contributed by atoms with Crippen molar-refractivity contribution in [1.29, 1.82) is 0 Å². The second-order valence-corrected chi connectivity index (χ2v) is 6.65. The molecule has 0 radical (unpaired) electrons. The van der Waals surface area contributed by atoms with Gasteiger partial charge in [-0.1, -0.05) is 36.7 Å². The molecule has 5 nitrogen and oxygen atoms in total. The van der Waals surface area contributed by atoms with Gasteiger partial charge in [0, 0.05) is 19.1 Å². The Balaban J connectivity index is 2.08. The third kappa shape index (κ3) is 5.34. The molecule has 0 unspecified atom stereocenters. The van der Waals surface area contributed by atoms with Crippen LogP contribution in [-0.2, 0) is 24.2 Å². The van der Waals surface area contributed by atoms with Gasteiger partial charge in [-0.05, 0) is 55.8 Å². The van der Waals surface area contributed by atoms with Gasteiger partial charge in [0.1, 0.15) is 6.21 Å². The van der Waals surface area contributed by atoms with E-state index in [1.807, 2.05) is 6.92 Å². The average Bonchev–Trinajstić information content (AvgIpc) is 2.51. The number of benzene rings is 1. The molecule has 1 amide bonds. The van der Waals surface area contributed by atoms with Crippen LogP contribution in [0.15, 0.2) is 23.4 Å². The predicted molar refractivity (Wildman–Crippen MR) is 96.5 cm³/mol. The van der Waals surface area contributed by atoms with Crippen LogP contribution in [0.5, 0.6) is 0 Å². The summed E-state index contributed by atoms with van der Waals surface area (Å²) in [4.78, 5) is 13.9. The second-order valence-electron chi connectivity index (χ2n) is 6.65. The van der Waals surface area contributed by atoms with E-state index in [9.17, 15) is 4.79 Å². The van der Waals surface area contributed by atoms with Gasteiger partial charge in [-0.3, -0.25) is 9.69 Å². The van der Waals surface area contributed by atoms with Gasteiger partial charge in [0.05, 0.1) is 0 Å². The molecule has 1 atom stereocenters. The van der Waals surface area contributed by atoms with Crippen molar-refractivity contribution in [2.24, 2.45) is 5.16 Å². The number of hydrogen-bond donors (Lipinski definition) is 2. The lowest BCUT2D eigenvalue weighted by atomic mass is 9.92. The van der Waals surface area contributed by atoms with Crippen molar-refractivity contribution in [3.8, 4) is 0 Å². The van der Waals surface area contributed by atoms with Crippen LogP contribution >= 0.6 is 0 Å². The molecule has 5 heteroatoms. The van der Waals surface area contributed by atoms with E-state index >= 15 is 0 Å². The summed E-state index contributed by atoms with van der Waals surface area (Å²) >= 11 is 0. The molecule has 132 valence electrons. The van der Waals surface area contributed by atoms with Crippen LogP contribution in [0.2, 0.25) is 0 Å². The molecular formula is C19H29N3O2. The fraction of sp³-hybridized carbons (Fsp3) is 0.579. The summed E-state index contributed by atoms with van der Waals surface area (Å²) in [6.07, 6.45) is 6.73. The molecule has 1 heterocycles. The number of amides is 1. The average molecular weight is 331 g/mol. The van der Waals surface area contributed by atoms with Crippen LogP contribution < -0.4 is 5.32 Å². The van der Waals surface area contributed by atoms with Gasteiger partial charge in [-0.2, -0.15) is 0 Å². The van der Waals surface area contributed by atoms with Crippen molar-refractivity contribution in [3.63, 3.8) is 0 Å². The minimum absolute atomic E-state index is 0.0108. The number of carbonyl (C=O) groups is 1. The standard InChI is InChI=1S/C19H29N3O2/c1-3-7-16-9-6-10-17-8-4-5-11-22(14-18(16)17)13-15(2)21-19(23)12-20-24/h6,9-10,12,15,24H,3-5,7-8,11,13-14H2,1-2H3,(H,21,23)/b20-12-/t15-/m0/s1. The van der Waals surface area contributed by atoms with Crippen LogP contribution in [0.25, 0.3) is 0 Å². The highest BCUT2D eigenvalue weighted by atomic mass is 16.4. The van der Waals surface area contributed by atoms with E-state index in [0.717, 1.165) is 38.7 Å². The zero-order valence-corrected chi connectivity index (χ0v) is 14.8. The second kappa shape index (κ2) is 9.42. The fourth-order valence-corrected chi connectivity index (χ4v) is 3.50. The Hall–Kier alpha value is -1.88. The molecule has 0 aromatic heterocycles. The van der Waals surface area contributed by atoms with Crippen LogP contribution in [-0.4, -0.2) is 41.4 Å². The van der Waals surface area contributed by atoms with Crippen LogP contribution in [0, 0.1) is 0 Å². The number of fused-ring (bicyclic) bond motifs is 1. The van der Waals surface area contributed by atoms with Crippen molar-refractivity contribution in [1.82, 2.24) is 10.2 Å². The summed E-state index contributed by atoms with van der Waals surface area (Å²) in [5.41, 5.74) is 4.43. The van der Waals surface area contributed by atoms with E-state index in [2.05, 4.69) is 40.5 Å². The minimum atomic E-state index is -0.357. The fourth-order valence-electron chi connectivity index (χ4n) is 3.50. The lowest BCUT2D eigenvalue weighted by Gasteiger charge is -2.30. The first kappa shape index (κ1) is 18.5. The molecule has 1 aromatic rings. The summed E-state index contributed by atoms with van der Waals surface area (Å²) < 4.78 is 0. The molecule has 1 aliphatic heterocycles. The molecule has 2 N–H and O–H groups in total. The van der Waals surface area contributed by atoms with Crippen LogP contribution in [0.4, 0.5) is 0 Å². The Morgan fingerprint density at radius 1 is 1.46 bits per heavy atom. The van der Waals surface area contributed by atoms with Gasteiger partial charge < -0.3 is 10.5 Å². The van der Waals surface area contributed by atoms with Gasteiger partial charge in [-0.25, -0.2) is 0 Å². The quantitative estimate of drug-likeness (QED) is 0.478. The Kier molecular flexibility index (Phi) is 7.25. The van der Waals surface area contributed by atoms with E-state index < -0.39 is 0 Å². The Morgan fingerprint density at radius 2 is 2.29 bits per heavy atom. The maximum absolute atomic E-state index is 11.5. The molecular weight excluding hydrogens is 302 g/mol. The summed E-state index contributed by atoms with van der Waals surface area (Å²) in [5, 5.41) is 14.0. The van der Waals surface area contributed by atoms with Gasteiger partial charge in [0.15, 0.2) is 0 Å². The molecule has 0 saturated heterocycles. The Morgan fingerprint density at radius 3 is 3.04 bits per heavy atom. The highest BCUT2D eigenvalue weighted by molar-refractivity contribution is 6.26. The molecule has 2 rings (SSSR count).